The van der Waals surface area contributed by atoms with E-state index in [1.165, 1.54) is 6.92 Å². The largest absolute Gasteiger partial charge is 0.391 e. The molecule has 0 rings (SSSR count). The van der Waals surface area contributed by atoms with Gasteiger partial charge in [-0.25, -0.2) is 0 Å². The first-order valence-corrected chi connectivity index (χ1v) is 4.49. The topological polar surface area (TPSA) is 64.3 Å². The summed E-state index contributed by atoms with van der Waals surface area (Å²) in [6, 6.07) is -0.945. The second kappa shape index (κ2) is 6.62. The fraction of sp³-hybridized carbons (Fsp3) is 0.875. The maximum Gasteiger partial charge on any atom is 0.391 e. The molecule has 0 aliphatic carbocycles. The molecule has 90 valence electrons. The molecule has 7 heteroatoms. The van der Waals surface area contributed by atoms with E-state index in [0.717, 1.165) is 0 Å². The number of alkyl halides is 3. The molecular weight excluding hydrogens is 213 g/mol. The van der Waals surface area contributed by atoms with E-state index < -0.39 is 24.5 Å². The Bertz CT molecular complexity index is 197. The van der Waals surface area contributed by atoms with Crippen LogP contribution in [0.4, 0.5) is 13.2 Å². The standard InChI is InChI=1S/C8H15F3N2O2/c1-6(4-8(9,10)11)13-7(14)5-15-3-2-12/h6H,2-5,12H2,1H3,(H,13,14). The van der Waals surface area contributed by atoms with Crippen LogP contribution in [0.5, 0.6) is 0 Å². The quantitative estimate of drug-likeness (QED) is 0.647. The lowest BCUT2D eigenvalue weighted by molar-refractivity contribution is -0.142. The van der Waals surface area contributed by atoms with Crippen molar-refractivity contribution in [2.24, 2.45) is 5.73 Å². The minimum Gasteiger partial charge on any atom is -0.370 e. The SMILES string of the molecule is CC(CC(F)(F)F)NC(=O)COCCN. The number of hydrogen-bond donors (Lipinski definition) is 2. The Hall–Kier alpha value is -0.820. The molecule has 0 saturated heterocycles. The average Bonchev–Trinajstić information content (AvgIpc) is 2.00. The molecule has 0 heterocycles. The molecular formula is C8H15F3N2O2. The van der Waals surface area contributed by atoms with Crippen molar-refractivity contribution in [1.82, 2.24) is 5.32 Å². The molecule has 0 fully saturated rings. The van der Waals surface area contributed by atoms with Gasteiger partial charge in [0, 0.05) is 12.6 Å². The highest BCUT2D eigenvalue weighted by Gasteiger charge is 2.30. The Balaban J connectivity index is 3.67. The molecule has 0 radical (unpaired) electrons. The first-order valence-electron chi connectivity index (χ1n) is 4.49. The first-order chi connectivity index (χ1) is 6.85. The summed E-state index contributed by atoms with van der Waals surface area (Å²) in [5.41, 5.74) is 5.09. The van der Waals surface area contributed by atoms with Crippen molar-refractivity contribution in [2.45, 2.75) is 25.6 Å². The molecule has 0 bridgehead atoms. The lowest BCUT2D eigenvalue weighted by Crippen LogP contribution is -2.38. The molecule has 0 aromatic heterocycles. The smallest absolute Gasteiger partial charge is 0.370 e. The number of amides is 1. The summed E-state index contributed by atoms with van der Waals surface area (Å²) in [7, 11) is 0. The Kier molecular flexibility index (Phi) is 6.26. The van der Waals surface area contributed by atoms with Crippen LogP contribution in [0.2, 0.25) is 0 Å². The fourth-order valence-electron chi connectivity index (χ4n) is 0.963. The number of halogens is 3. The van der Waals surface area contributed by atoms with Crippen LogP contribution in [0.15, 0.2) is 0 Å². The molecule has 1 unspecified atom stereocenters. The predicted octanol–water partition coefficient (Wildman–Crippen LogP) is 0.419. The summed E-state index contributed by atoms with van der Waals surface area (Å²) in [6.45, 7) is 1.50. The van der Waals surface area contributed by atoms with E-state index in [9.17, 15) is 18.0 Å². The highest BCUT2D eigenvalue weighted by Crippen LogP contribution is 2.21. The van der Waals surface area contributed by atoms with Gasteiger partial charge in [0.25, 0.3) is 0 Å². The van der Waals surface area contributed by atoms with Gasteiger partial charge in [-0.1, -0.05) is 0 Å². The van der Waals surface area contributed by atoms with Gasteiger partial charge in [0.05, 0.1) is 13.0 Å². The van der Waals surface area contributed by atoms with E-state index >= 15 is 0 Å². The third-order valence-electron chi connectivity index (χ3n) is 1.44. The van der Waals surface area contributed by atoms with Crippen molar-refractivity contribution in [1.29, 1.82) is 0 Å². The van der Waals surface area contributed by atoms with E-state index in [4.69, 9.17) is 10.5 Å². The molecule has 0 aliphatic rings. The average molecular weight is 228 g/mol. The van der Waals surface area contributed by atoms with Crippen molar-refractivity contribution in [3.05, 3.63) is 0 Å². The maximum atomic E-state index is 11.9. The molecule has 15 heavy (non-hydrogen) atoms. The minimum atomic E-state index is -4.27. The van der Waals surface area contributed by atoms with Crippen LogP contribution >= 0.6 is 0 Å². The lowest BCUT2D eigenvalue weighted by atomic mass is 10.2. The third-order valence-corrected chi connectivity index (χ3v) is 1.44. The number of hydrogen-bond acceptors (Lipinski definition) is 3. The number of carbonyl (C=O) groups is 1. The zero-order valence-electron chi connectivity index (χ0n) is 8.43. The molecule has 1 amide bonds. The monoisotopic (exact) mass is 228 g/mol. The van der Waals surface area contributed by atoms with Gasteiger partial charge in [-0.2, -0.15) is 13.2 Å². The minimum absolute atomic E-state index is 0.209. The number of carbonyl (C=O) groups excluding carboxylic acids is 1. The number of ether oxygens (including phenoxy) is 1. The van der Waals surface area contributed by atoms with Gasteiger partial charge in [0.1, 0.15) is 6.61 Å². The summed E-state index contributed by atoms with van der Waals surface area (Å²) in [4.78, 5) is 11.0. The van der Waals surface area contributed by atoms with Crippen LogP contribution in [0, 0.1) is 0 Å². The fourth-order valence-corrected chi connectivity index (χ4v) is 0.963. The number of rotatable bonds is 6. The Morgan fingerprint density at radius 3 is 2.60 bits per heavy atom. The summed E-state index contributed by atoms with van der Waals surface area (Å²) in [6.07, 6.45) is -5.32. The molecule has 3 N–H and O–H groups in total. The number of nitrogens with one attached hydrogen (secondary N) is 1. The van der Waals surface area contributed by atoms with Crippen LogP contribution in [0.25, 0.3) is 0 Å². The molecule has 4 nitrogen and oxygen atoms in total. The van der Waals surface area contributed by atoms with E-state index in [2.05, 4.69) is 5.32 Å². The molecule has 0 saturated carbocycles. The van der Waals surface area contributed by atoms with E-state index in [-0.39, 0.29) is 19.8 Å². The van der Waals surface area contributed by atoms with Crippen molar-refractivity contribution in [3.8, 4) is 0 Å². The summed E-state index contributed by atoms with van der Waals surface area (Å²) in [5.74, 6) is -0.569. The van der Waals surface area contributed by atoms with Gasteiger partial charge in [-0.05, 0) is 6.92 Å². The molecule has 0 aromatic carbocycles. The third kappa shape index (κ3) is 9.48. The van der Waals surface area contributed by atoms with Gasteiger partial charge in [-0.15, -0.1) is 0 Å². The zero-order valence-corrected chi connectivity index (χ0v) is 8.43. The van der Waals surface area contributed by atoms with Crippen molar-refractivity contribution >= 4 is 5.91 Å². The first kappa shape index (κ1) is 14.2. The summed E-state index contributed by atoms with van der Waals surface area (Å²) < 4.78 is 40.3. The summed E-state index contributed by atoms with van der Waals surface area (Å²) >= 11 is 0. The van der Waals surface area contributed by atoms with Crippen LogP contribution in [0.1, 0.15) is 13.3 Å². The molecule has 1 atom stereocenters. The van der Waals surface area contributed by atoms with Gasteiger partial charge in [0.2, 0.25) is 5.91 Å². The predicted molar refractivity (Wildman–Crippen MR) is 48.2 cm³/mol. The molecule has 0 aliphatic heterocycles. The van der Waals surface area contributed by atoms with Crippen molar-refractivity contribution < 1.29 is 22.7 Å². The van der Waals surface area contributed by atoms with Crippen molar-refractivity contribution in [3.63, 3.8) is 0 Å². The lowest BCUT2D eigenvalue weighted by Gasteiger charge is -2.15. The Morgan fingerprint density at radius 2 is 2.13 bits per heavy atom. The van der Waals surface area contributed by atoms with E-state index in [1.54, 1.807) is 0 Å². The normalized spacial score (nSPS) is 13.7. The van der Waals surface area contributed by atoms with Crippen molar-refractivity contribution in [2.75, 3.05) is 19.8 Å². The van der Waals surface area contributed by atoms with Crippen LogP contribution in [-0.2, 0) is 9.53 Å². The van der Waals surface area contributed by atoms with Crippen LogP contribution < -0.4 is 11.1 Å². The van der Waals surface area contributed by atoms with Gasteiger partial charge in [-0.3, -0.25) is 4.79 Å². The highest BCUT2D eigenvalue weighted by molar-refractivity contribution is 5.77. The second-order valence-corrected chi connectivity index (χ2v) is 3.13. The Morgan fingerprint density at radius 1 is 1.53 bits per heavy atom. The highest BCUT2D eigenvalue weighted by atomic mass is 19.4. The van der Waals surface area contributed by atoms with Crippen LogP contribution in [-0.4, -0.2) is 37.9 Å². The van der Waals surface area contributed by atoms with Gasteiger partial charge < -0.3 is 15.8 Å². The summed E-state index contributed by atoms with van der Waals surface area (Å²) in [5, 5.41) is 2.17. The van der Waals surface area contributed by atoms with E-state index in [0.29, 0.717) is 0 Å². The Labute approximate surface area is 86.0 Å². The zero-order chi connectivity index (χ0) is 11.9. The van der Waals surface area contributed by atoms with E-state index in [1.807, 2.05) is 0 Å². The number of nitrogens with two attached hydrogens (primary N) is 1. The van der Waals surface area contributed by atoms with Gasteiger partial charge in [0.15, 0.2) is 0 Å². The van der Waals surface area contributed by atoms with Crippen LogP contribution in [0.3, 0.4) is 0 Å². The second-order valence-electron chi connectivity index (χ2n) is 3.13. The maximum absolute atomic E-state index is 11.9. The van der Waals surface area contributed by atoms with Gasteiger partial charge >= 0.3 is 6.18 Å². The molecule has 0 spiro atoms. The molecule has 0 aromatic rings.